The number of carbonyl (C=O) groups is 1. The molecule has 0 bridgehead atoms. The number of hydrogen-bond acceptors (Lipinski definition) is 2. The van der Waals surface area contributed by atoms with Crippen molar-refractivity contribution in [2.24, 2.45) is 5.92 Å². The van der Waals surface area contributed by atoms with Crippen molar-refractivity contribution in [2.45, 2.75) is 33.2 Å². The van der Waals surface area contributed by atoms with Crippen molar-refractivity contribution in [1.29, 1.82) is 0 Å². The first-order valence-corrected chi connectivity index (χ1v) is 5.17. The first-order valence-electron chi connectivity index (χ1n) is 5.17. The minimum Gasteiger partial charge on any atom is -0.356 e. The van der Waals surface area contributed by atoms with Gasteiger partial charge in [0, 0.05) is 19.1 Å². The van der Waals surface area contributed by atoms with Crippen LogP contribution in [0.5, 0.6) is 0 Å². The van der Waals surface area contributed by atoms with E-state index in [2.05, 4.69) is 24.1 Å². The van der Waals surface area contributed by atoms with E-state index in [1.165, 1.54) is 0 Å². The Morgan fingerprint density at radius 1 is 1.62 bits per heavy atom. The summed E-state index contributed by atoms with van der Waals surface area (Å²) in [6.45, 7) is 9.08. The quantitative estimate of drug-likeness (QED) is 0.705. The zero-order valence-corrected chi connectivity index (χ0v) is 8.84. The minimum absolute atomic E-state index is 0.224. The van der Waals surface area contributed by atoms with Crippen molar-refractivity contribution in [3.05, 3.63) is 0 Å². The Morgan fingerprint density at radius 3 is 2.77 bits per heavy atom. The van der Waals surface area contributed by atoms with Gasteiger partial charge in [0.15, 0.2) is 0 Å². The summed E-state index contributed by atoms with van der Waals surface area (Å²) in [5.41, 5.74) is 0. The molecule has 3 heteroatoms. The van der Waals surface area contributed by atoms with E-state index in [1.54, 1.807) is 0 Å². The van der Waals surface area contributed by atoms with E-state index < -0.39 is 0 Å². The van der Waals surface area contributed by atoms with Crippen LogP contribution in [0.2, 0.25) is 0 Å². The highest BCUT2D eigenvalue weighted by atomic mass is 16.1. The Morgan fingerprint density at radius 2 is 2.31 bits per heavy atom. The van der Waals surface area contributed by atoms with E-state index in [0.29, 0.717) is 6.04 Å². The molecule has 1 heterocycles. The van der Waals surface area contributed by atoms with E-state index in [0.717, 1.165) is 26.1 Å². The number of hydrogen-bond donors (Lipinski definition) is 1. The number of amides is 1. The van der Waals surface area contributed by atoms with Crippen molar-refractivity contribution < 1.29 is 4.79 Å². The van der Waals surface area contributed by atoms with Crippen LogP contribution in [0.3, 0.4) is 0 Å². The summed E-state index contributed by atoms with van der Waals surface area (Å²) in [5.74, 6) is 0.452. The van der Waals surface area contributed by atoms with Crippen molar-refractivity contribution in [2.75, 3.05) is 19.6 Å². The van der Waals surface area contributed by atoms with Gasteiger partial charge >= 0.3 is 0 Å². The third kappa shape index (κ3) is 2.69. The molecule has 0 saturated carbocycles. The molecule has 0 aromatic carbocycles. The first kappa shape index (κ1) is 10.5. The minimum atomic E-state index is 0.224. The highest BCUT2D eigenvalue weighted by molar-refractivity contribution is 5.79. The van der Waals surface area contributed by atoms with Crippen molar-refractivity contribution in [1.82, 2.24) is 10.2 Å². The molecule has 1 atom stereocenters. The molecule has 1 amide bonds. The van der Waals surface area contributed by atoms with Gasteiger partial charge in [-0.25, -0.2) is 0 Å². The van der Waals surface area contributed by atoms with E-state index in [9.17, 15) is 4.79 Å². The second kappa shape index (κ2) is 4.61. The molecule has 0 radical (unpaired) electrons. The molecule has 0 unspecified atom stereocenters. The van der Waals surface area contributed by atoms with Gasteiger partial charge in [-0.15, -0.1) is 0 Å². The first-order chi connectivity index (χ1) is 6.15. The lowest BCUT2D eigenvalue weighted by Gasteiger charge is -2.19. The molecule has 0 aromatic rings. The zero-order valence-electron chi connectivity index (χ0n) is 8.84. The van der Waals surface area contributed by atoms with Gasteiger partial charge in [-0.3, -0.25) is 4.79 Å². The average molecular weight is 184 g/mol. The summed E-state index contributed by atoms with van der Waals surface area (Å²) in [6, 6.07) is 0.569. The van der Waals surface area contributed by atoms with Crippen LogP contribution in [0.25, 0.3) is 0 Å². The summed E-state index contributed by atoms with van der Waals surface area (Å²) >= 11 is 0. The zero-order chi connectivity index (χ0) is 9.84. The summed E-state index contributed by atoms with van der Waals surface area (Å²) in [4.78, 5) is 13.8. The molecular weight excluding hydrogens is 164 g/mol. The van der Waals surface area contributed by atoms with Crippen LogP contribution in [-0.2, 0) is 4.79 Å². The number of rotatable bonds is 3. The van der Waals surface area contributed by atoms with Gasteiger partial charge in [0.1, 0.15) is 0 Å². The summed E-state index contributed by atoms with van der Waals surface area (Å²) < 4.78 is 0. The van der Waals surface area contributed by atoms with Gasteiger partial charge in [-0.05, 0) is 33.7 Å². The standard InChI is InChI=1S/C10H20N2O/c1-4-11-10(13)9-5-6-12(7-9)8(2)3/h8-9H,4-7H2,1-3H3,(H,11,13)/t9-/m1/s1. The van der Waals surface area contributed by atoms with E-state index in [4.69, 9.17) is 0 Å². The van der Waals surface area contributed by atoms with Gasteiger partial charge in [0.25, 0.3) is 0 Å². The lowest BCUT2D eigenvalue weighted by Crippen LogP contribution is -2.34. The lowest BCUT2D eigenvalue weighted by atomic mass is 10.1. The second-order valence-corrected chi connectivity index (χ2v) is 3.97. The van der Waals surface area contributed by atoms with Crippen LogP contribution in [0.15, 0.2) is 0 Å². The monoisotopic (exact) mass is 184 g/mol. The Balaban J connectivity index is 2.36. The van der Waals surface area contributed by atoms with Gasteiger partial charge in [-0.1, -0.05) is 0 Å². The molecule has 13 heavy (non-hydrogen) atoms. The van der Waals surface area contributed by atoms with Crippen molar-refractivity contribution in [3.63, 3.8) is 0 Å². The summed E-state index contributed by atoms with van der Waals surface area (Å²) in [5, 5.41) is 2.88. The predicted octanol–water partition coefficient (Wildman–Crippen LogP) is 0.853. The highest BCUT2D eigenvalue weighted by Crippen LogP contribution is 2.18. The van der Waals surface area contributed by atoms with Gasteiger partial charge < -0.3 is 10.2 Å². The van der Waals surface area contributed by atoms with Gasteiger partial charge in [0.2, 0.25) is 5.91 Å². The van der Waals surface area contributed by atoms with E-state index in [-0.39, 0.29) is 11.8 Å². The molecule has 1 saturated heterocycles. The largest absolute Gasteiger partial charge is 0.356 e. The topological polar surface area (TPSA) is 32.3 Å². The molecule has 1 aliphatic heterocycles. The maximum Gasteiger partial charge on any atom is 0.224 e. The Labute approximate surface area is 80.5 Å². The Kier molecular flexibility index (Phi) is 3.72. The maximum atomic E-state index is 11.5. The van der Waals surface area contributed by atoms with Crippen LogP contribution >= 0.6 is 0 Å². The lowest BCUT2D eigenvalue weighted by molar-refractivity contribution is -0.124. The van der Waals surface area contributed by atoms with Crippen LogP contribution in [0.4, 0.5) is 0 Å². The number of nitrogens with one attached hydrogen (secondary N) is 1. The fourth-order valence-electron chi connectivity index (χ4n) is 1.79. The van der Waals surface area contributed by atoms with Crippen LogP contribution in [0.1, 0.15) is 27.2 Å². The molecule has 1 aliphatic rings. The molecule has 0 spiro atoms. The predicted molar refractivity (Wildman–Crippen MR) is 53.5 cm³/mol. The van der Waals surface area contributed by atoms with Gasteiger partial charge in [-0.2, -0.15) is 0 Å². The van der Waals surface area contributed by atoms with E-state index in [1.807, 2.05) is 6.92 Å². The molecular formula is C10H20N2O. The highest BCUT2D eigenvalue weighted by Gasteiger charge is 2.28. The summed E-state index contributed by atoms with van der Waals surface area (Å²) in [7, 11) is 0. The molecule has 1 fully saturated rings. The summed E-state index contributed by atoms with van der Waals surface area (Å²) in [6.07, 6.45) is 1.02. The number of carbonyl (C=O) groups excluding carboxylic acids is 1. The molecule has 3 nitrogen and oxygen atoms in total. The molecule has 76 valence electrons. The average Bonchev–Trinajstić information content (AvgIpc) is 2.52. The normalized spacial score (nSPS) is 23.8. The van der Waals surface area contributed by atoms with Crippen molar-refractivity contribution in [3.8, 4) is 0 Å². The van der Waals surface area contributed by atoms with Crippen molar-refractivity contribution >= 4 is 5.91 Å². The molecule has 0 aliphatic carbocycles. The third-order valence-electron chi connectivity index (χ3n) is 2.67. The fraction of sp³-hybridized carbons (Fsp3) is 0.900. The number of likely N-dealkylation sites (tertiary alicyclic amines) is 1. The molecule has 0 aromatic heterocycles. The second-order valence-electron chi connectivity index (χ2n) is 3.97. The molecule has 1 rings (SSSR count). The van der Waals surface area contributed by atoms with Crippen LogP contribution in [0, 0.1) is 5.92 Å². The Hall–Kier alpha value is -0.570. The Bertz CT molecular complexity index is 180. The van der Waals surface area contributed by atoms with Gasteiger partial charge in [0.05, 0.1) is 5.92 Å². The third-order valence-corrected chi connectivity index (χ3v) is 2.67. The van der Waals surface area contributed by atoms with E-state index >= 15 is 0 Å². The fourth-order valence-corrected chi connectivity index (χ4v) is 1.79. The molecule has 1 N–H and O–H groups in total. The smallest absolute Gasteiger partial charge is 0.224 e. The SMILES string of the molecule is CCNC(=O)[C@@H]1CCN(C(C)C)C1. The van der Waals surface area contributed by atoms with Crippen LogP contribution < -0.4 is 5.32 Å². The van der Waals surface area contributed by atoms with Crippen LogP contribution in [-0.4, -0.2) is 36.5 Å². The maximum absolute atomic E-state index is 11.5. The number of nitrogens with zero attached hydrogens (tertiary/aromatic N) is 1.